The second-order valence-electron chi connectivity index (χ2n) is 2.04. The first kappa shape index (κ1) is 7.81. The standard InChI is InChI=1S/C7H9NO3/c1-10-8-7(9)4-6-2-3-11-5-6/h2-3,5H,4H2,1H3,(H,8,9). The number of furan rings is 1. The van der Waals surface area contributed by atoms with Crippen molar-refractivity contribution in [2.75, 3.05) is 7.11 Å². The van der Waals surface area contributed by atoms with E-state index < -0.39 is 0 Å². The minimum atomic E-state index is -0.186. The molecule has 0 saturated carbocycles. The molecule has 11 heavy (non-hydrogen) atoms. The fraction of sp³-hybridized carbons (Fsp3) is 0.286. The van der Waals surface area contributed by atoms with Gasteiger partial charge in [-0.25, -0.2) is 5.48 Å². The first-order chi connectivity index (χ1) is 5.33. The van der Waals surface area contributed by atoms with Gasteiger partial charge >= 0.3 is 0 Å². The molecule has 1 heterocycles. The van der Waals surface area contributed by atoms with E-state index >= 15 is 0 Å². The molecule has 60 valence electrons. The molecule has 1 aromatic heterocycles. The molecule has 0 spiro atoms. The monoisotopic (exact) mass is 155 g/mol. The summed E-state index contributed by atoms with van der Waals surface area (Å²) in [5.41, 5.74) is 3.04. The molecule has 0 aliphatic carbocycles. The minimum absolute atomic E-state index is 0.186. The molecule has 0 aliphatic heterocycles. The van der Waals surface area contributed by atoms with Crippen molar-refractivity contribution in [2.45, 2.75) is 6.42 Å². The lowest BCUT2D eigenvalue weighted by Crippen LogP contribution is -2.23. The normalized spacial score (nSPS) is 9.55. The Morgan fingerprint density at radius 1 is 1.82 bits per heavy atom. The van der Waals surface area contributed by atoms with Gasteiger partial charge in [0.25, 0.3) is 0 Å². The number of carbonyl (C=O) groups excluding carboxylic acids is 1. The maximum absolute atomic E-state index is 10.8. The molecule has 4 nitrogen and oxygen atoms in total. The highest BCUT2D eigenvalue weighted by Crippen LogP contribution is 1.99. The second kappa shape index (κ2) is 3.78. The van der Waals surface area contributed by atoms with E-state index in [0.717, 1.165) is 5.56 Å². The lowest BCUT2D eigenvalue weighted by Gasteiger charge is -1.97. The Hall–Kier alpha value is -1.29. The van der Waals surface area contributed by atoms with Crippen molar-refractivity contribution in [3.63, 3.8) is 0 Å². The summed E-state index contributed by atoms with van der Waals surface area (Å²) in [7, 11) is 1.40. The zero-order chi connectivity index (χ0) is 8.10. The molecule has 0 radical (unpaired) electrons. The van der Waals surface area contributed by atoms with Crippen molar-refractivity contribution < 1.29 is 14.0 Å². The summed E-state index contributed by atoms with van der Waals surface area (Å²) in [4.78, 5) is 15.3. The van der Waals surface area contributed by atoms with Gasteiger partial charge < -0.3 is 4.42 Å². The Kier molecular flexibility index (Phi) is 2.68. The van der Waals surface area contributed by atoms with E-state index in [1.807, 2.05) is 0 Å². The van der Waals surface area contributed by atoms with Crippen molar-refractivity contribution in [3.05, 3.63) is 24.2 Å². The first-order valence-corrected chi connectivity index (χ1v) is 3.16. The molecule has 0 unspecified atom stereocenters. The maximum Gasteiger partial charge on any atom is 0.248 e. The third-order valence-electron chi connectivity index (χ3n) is 1.16. The molecule has 0 aliphatic rings. The summed E-state index contributed by atoms with van der Waals surface area (Å²) in [5, 5.41) is 0. The van der Waals surface area contributed by atoms with Gasteiger partial charge in [-0.2, -0.15) is 0 Å². The van der Waals surface area contributed by atoms with E-state index in [-0.39, 0.29) is 12.3 Å². The van der Waals surface area contributed by atoms with Crippen LogP contribution in [0.3, 0.4) is 0 Å². The molecule has 0 aromatic carbocycles. The van der Waals surface area contributed by atoms with Gasteiger partial charge in [0.1, 0.15) is 0 Å². The molecule has 1 amide bonds. The average molecular weight is 155 g/mol. The summed E-state index contributed by atoms with van der Waals surface area (Å²) in [6, 6.07) is 1.73. The number of hydrogen-bond donors (Lipinski definition) is 1. The van der Waals surface area contributed by atoms with Crippen LogP contribution in [-0.2, 0) is 16.1 Å². The average Bonchev–Trinajstić information content (AvgIpc) is 2.40. The molecule has 1 rings (SSSR count). The maximum atomic E-state index is 10.8. The number of amides is 1. The summed E-state index contributed by atoms with van der Waals surface area (Å²) >= 11 is 0. The summed E-state index contributed by atoms with van der Waals surface area (Å²) in [6.07, 6.45) is 3.33. The molecule has 0 atom stereocenters. The van der Waals surface area contributed by atoms with Gasteiger partial charge in [-0.1, -0.05) is 0 Å². The largest absolute Gasteiger partial charge is 0.472 e. The predicted molar refractivity (Wildman–Crippen MR) is 37.6 cm³/mol. The Balaban J connectivity index is 2.37. The van der Waals surface area contributed by atoms with Gasteiger partial charge in [-0.15, -0.1) is 0 Å². The van der Waals surface area contributed by atoms with Gasteiger partial charge in [-0.3, -0.25) is 9.63 Å². The van der Waals surface area contributed by atoms with Crippen LogP contribution in [0.25, 0.3) is 0 Å². The highest BCUT2D eigenvalue weighted by Gasteiger charge is 2.02. The smallest absolute Gasteiger partial charge is 0.248 e. The second-order valence-corrected chi connectivity index (χ2v) is 2.04. The topological polar surface area (TPSA) is 51.5 Å². The van der Waals surface area contributed by atoms with Crippen molar-refractivity contribution in [3.8, 4) is 0 Å². The zero-order valence-corrected chi connectivity index (χ0v) is 6.16. The van der Waals surface area contributed by atoms with E-state index in [1.165, 1.54) is 19.6 Å². The van der Waals surface area contributed by atoms with Gasteiger partial charge in [-0.05, 0) is 11.6 Å². The molecule has 1 N–H and O–H groups in total. The summed E-state index contributed by atoms with van der Waals surface area (Å²) < 4.78 is 4.77. The van der Waals surface area contributed by atoms with Crippen LogP contribution in [0.1, 0.15) is 5.56 Å². The fourth-order valence-corrected chi connectivity index (χ4v) is 0.729. The highest BCUT2D eigenvalue weighted by molar-refractivity contribution is 5.77. The Bertz CT molecular complexity index is 218. The van der Waals surface area contributed by atoms with Crippen LogP contribution in [0.2, 0.25) is 0 Å². The number of hydrogen-bond acceptors (Lipinski definition) is 3. The van der Waals surface area contributed by atoms with Gasteiger partial charge in [0.05, 0.1) is 26.1 Å². The minimum Gasteiger partial charge on any atom is -0.472 e. The van der Waals surface area contributed by atoms with E-state index in [0.29, 0.717) is 0 Å². The van der Waals surface area contributed by atoms with Crippen LogP contribution in [0.15, 0.2) is 23.0 Å². The van der Waals surface area contributed by atoms with E-state index in [1.54, 1.807) is 6.07 Å². The number of rotatable bonds is 3. The van der Waals surface area contributed by atoms with Gasteiger partial charge in [0.2, 0.25) is 5.91 Å². The Morgan fingerprint density at radius 3 is 3.18 bits per heavy atom. The number of nitrogens with one attached hydrogen (secondary N) is 1. The molecule has 0 saturated heterocycles. The van der Waals surface area contributed by atoms with Crippen molar-refractivity contribution in [1.82, 2.24) is 5.48 Å². The van der Waals surface area contributed by atoms with Crippen LogP contribution in [0.4, 0.5) is 0 Å². The van der Waals surface area contributed by atoms with Gasteiger partial charge in [0.15, 0.2) is 0 Å². The predicted octanol–water partition coefficient (Wildman–Crippen LogP) is 0.500. The van der Waals surface area contributed by atoms with Gasteiger partial charge in [0, 0.05) is 0 Å². The van der Waals surface area contributed by atoms with Crippen LogP contribution >= 0.6 is 0 Å². The Morgan fingerprint density at radius 2 is 2.64 bits per heavy atom. The van der Waals surface area contributed by atoms with E-state index in [9.17, 15) is 4.79 Å². The van der Waals surface area contributed by atoms with Crippen molar-refractivity contribution in [2.24, 2.45) is 0 Å². The third kappa shape index (κ3) is 2.43. The molecule has 0 bridgehead atoms. The van der Waals surface area contributed by atoms with E-state index in [4.69, 9.17) is 4.42 Å². The number of hydroxylamine groups is 1. The van der Waals surface area contributed by atoms with Crippen LogP contribution in [0, 0.1) is 0 Å². The van der Waals surface area contributed by atoms with Crippen molar-refractivity contribution >= 4 is 5.91 Å². The molecule has 1 aromatic rings. The molecule has 0 fully saturated rings. The van der Waals surface area contributed by atoms with Crippen LogP contribution < -0.4 is 5.48 Å². The SMILES string of the molecule is CONC(=O)Cc1ccoc1. The van der Waals surface area contributed by atoms with Crippen LogP contribution in [0.5, 0.6) is 0 Å². The summed E-state index contributed by atoms with van der Waals surface area (Å²) in [6.45, 7) is 0. The van der Waals surface area contributed by atoms with E-state index in [2.05, 4.69) is 10.3 Å². The quantitative estimate of drug-likeness (QED) is 0.646. The van der Waals surface area contributed by atoms with Crippen molar-refractivity contribution in [1.29, 1.82) is 0 Å². The fourth-order valence-electron chi connectivity index (χ4n) is 0.729. The summed E-state index contributed by atoms with van der Waals surface area (Å²) in [5.74, 6) is -0.186. The Labute approximate surface area is 64.1 Å². The molecular formula is C7H9NO3. The third-order valence-corrected chi connectivity index (χ3v) is 1.16. The molecular weight excluding hydrogens is 146 g/mol. The first-order valence-electron chi connectivity index (χ1n) is 3.16. The number of carbonyl (C=O) groups is 1. The molecule has 4 heteroatoms. The van der Waals surface area contributed by atoms with Crippen LogP contribution in [-0.4, -0.2) is 13.0 Å². The zero-order valence-electron chi connectivity index (χ0n) is 6.16. The highest BCUT2D eigenvalue weighted by atomic mass is 16.6. The lowest BCUT2D eigenvalue weighted by molar-refractivity contribution is -0.130. The lowest BCUT2D eigenvalue weighted by atomic mass is 10.2.